The SMILES string of the molecule is Cc1csc(C(=O)N2CCC(O)(CN3CCC(F)(F)CC3)C2)c1. The van der Waals surface area contributed by atoms with Crippen molar-refractivity contribution in [1.29, 1.82) is 0 Å². The first-order valence-electron chi connectivity index (χ1n) is 7.93. The number of alkyl halides is 2. The van der Waals surface area contributed by atoms with Gasteiger partial charge < -0.3 is 10.0 Å². The van der Waals surface area contributed by atoms with Crippen LogP contribution in [0.4, 0.5) is 8.78 Å². The first-order chi connectivity index (χ1) is 10.8. The zero-order valence-electron chi connectivity index (χ0n) is 13.2. The van der Waals surface area contributed by atoms with Gasteiger partial charge in [-0.05, 0) is 30.4 Å². The fourth-order valence-corrected chi connectivity index (χ4v) is 4.18. The lowest BCUT2D eigenvalue weighted by Gasteiger charge is -2.36. The van der Waals surface area contributed by atoms with Gasteiger partial charge in [-0.25, -0.2) is 8.78 Å². The summed E-state index contributed by atoms with van der Waals surface area (Å²) in [5.74, 6) is -2.63. The molecule has 2 fully saturated rings. The van der Waals surface area contributed by atoms with Crippen LogP contribution in [0.5, 0.6) is 0 Å². The topological polar surface area (TPSA) is 43.8 Å². The smallest absolute Gasteiger partial charge is 0.264 e. The molecule has 0 aliphatic carbocycles. The van der Waals surface area contributed by atoms with Crippen LogP contribution < -0.4 is 0 Å². The summed E-state index contributed by atoms with van der Waals surface area (Å²) in [6.45, 7) is 3.68. The van der Waals surface area contributed by atoms with Gasteiger partial charge in [0, 0.05) is 39.0 Å². The van der Waals surface area contributed by atoms with E-state index in [0.717, 1.165) is 5.56 Å². The number of thiophene rings is 1. The number of amides is 1. The van der Waals surface area contributed by atoms with Gasteiger partial charge in [0.15, 0.2) is 0 Å². The van der Waals surface area contributed by atoms with Gasteiger partial charge in [0.2, 0.25) is 0 Å². The van der Waals surface area contributed by atoms with E-state index in [4.69, 9.17) is 0 Å². The van der Waals surface area contributed by atoms with Crippen LogP contribution >= 0.6 is 11.3 Å². The van der Waals surface area contributed by atoms with Gasteiger partial charge in [-0.1, -0.05) is 0 Å². The molecule has 2 aliphatic heterocycles. The van der Waals surface area contributed by atoms with Crippen LogP contribution in [0.3, 0.4) is 0 Å². The average molecular weight is 344 g/mol. The van der Waals surface area contributed by atoms with Gasteiger partial charge in [0.1, 0.15) is 0 Å². The number of piperidine rings is 1. The van der Waals surface area contributed by atoms with E-state index >= 15 is 0 Å². The molecule has 1 atom stereocenters. The maximum Gasteiger partial charge on any atom is 0.264 e. The minimum absolute atomic E-state index is 0.0517. The molecule has 2 saturated heterocycles. The zero-order chi connectivity index (χ0) is 16.7. The molecule has 23 heavy (non-hydrogen) atoms. The number of hydrogen-bond acceptors (Lipinski definition) is 4. The second-order valence-electron chi connectivity index (χ2n) is 6.82. The molecule has 3 rings (SSSR count). The van der Waals surface area contributed by atoms with Crippen molar-refractivity contribution in [1.82, 2.24) is 9.80 Å². The molecule has 0 saturated carbocycles. The van der Waals surface area contributed by atoms with Crippen molar-refractivity contribution < 1.29 is 18.7 Å². The van der Waals surface area contributed by atoms with Crippen molar-refractivity contribution in [3.05, 3.63) is 21.9 Å². The Labute approximate surface area is 138 Å². The molecule has 1 aromatic heterocycles. The van der Waals surface area contributed by atoms with Crippen LogP contribution in [-0.4, -0.2) is 65.1 Å². The van der Waals surface area contributed by atoms with Crippen molar-refractivity contribution in [2.24, 2.45) is 0 Å². The number of aryl methyl sites for hydroxylation is 1. The molecule has 128 valence electrons. The van der Waals surface area contributed by atoms with Crippen LogP contribution in [0.25, 0.3) is 0 Å². The van der Waals surface area contributed by atoms with Gasteiger partial charge in [-0.2, -0.15) is 0 Å². The Morgan fingerprint density at radius 2 is 2.00 bits per heavy atom. The molecule has 1 unspecified atom stereocenters. The van der Waals surface area contributed by atoms with E-state index in [0.29, 0.717) is 37.5 Å². The number of halogens is 2. The van der Waals surface area contributed by atoms with Crippen molar-refractivity contribution in [2.75, 3.05) is 32.7 Å². The second kappa shape index (κ2) is 6.11. The lowest BCUT2D eigenvalue weighted by molar-refractivity contribution is -0.0720. The van der Waals surface area contributed by atoms with Crippen LogP contribution in [0, 0.1) is 6.92 Å². The Kier molecular flexibility index (Phi) is 4.46. The monoisotopic (exact) mass is 344 g/mol. The van der Waals surface area contributed by atoms with Gasteiger partial charge in [-0.3, -0.25) is 9.69 Å². The molecule has 0 aromatic carbocycles. The lowest BCUT2D eigenvalue weighted by Crippen LogP contribution is -2.49. The van der Waals surface area contributed by atoms with E-state index in [9.17, 15) is 18.7 Å². The highest BCUT2D eigenvalue weighted by Crippen LogP contribution is 2.31. The molecule has 0 radical (unpaired) electrons. The van der Waals surface area contributed by atoms with Crippen molar-refractivity contribution in [2.45, 2.75) is 37.7 Å². The standard InChI is InChI=1S/C16H22F2N2O2S/c1-12-8-13(23-9-12)14(21)20-7-2-15(22,11-20)10-19-5-3-16(17,18)4-6-19/h8-9,22H,2-7,10-11H2,1H3. The van der Waals surface area contributed by atoms with E-state index in [-0.39, 0.29) is 25.3 Å². The third-order valence-corrected chi connectivity index (χ3v) is 5.70. The summed E-state index contributed by atoms with van der Waals surface area (Å²) in [6.07, 6.45) is 0.191. The summed E-state index contributed by atoms with van der Waals surface area (Å²) in [7, 11) is 0. The van der Waals surface area contributed by atoms with Gasteiger partial charge >= 0.3 is 0 Å². The third kappa shape index (κ3) is 3.89. The summed E-state index contributed by atoms with van der Waals surface area (Å²) < 4.78 is 26.4. The van der Waals surface area contributed by atoms with E-state index < -0.39 is 11.5 Å². The van der Waals surface area contributed by atoms with E-state index in [1.807, 2.05) is 23.3 Å². The normalized spacial score (nSPS) is 28.3. The minimum Gasteiger partial charge on any atom is -0.387 e. The Hall–Kier alpha value is -1.05. The Bertz CT molecular complexity index is 582. The molecule has 4 nitrogen and oxygen atoms in total. The van der Waals surface area contributed by atoms with E-state index in [1.165, 1.54) is 11.3 Å². The molecule has 1 aromatic rings. The number of rotatable bonds is 3. The summed E-state index contributed by atoms with van der Waals surface area (Å²) in [5.41, 5.74) is 0.0660. The molecule has 0 spiro atoms. The molecule has 1 amide bonds. The molecule has 3 heterocycles. The highest BCUT2D eigenvalue weighted by atomic mass is 32.1. The van der Waals surface area contributed by atoms with Crippen LogP contribution in [0.1, 0.15) is 34.5 Å². The summed E-state index contributed by atoms with van der Waals surface area (Å²) in [4.78, 5) is 16.7. The second-order valence-corrected chi connectivity index (χ2v) is 7.73. The Morgan fingerprint density at radius 3 is 2.61 bits per heavy atom. The van der Waals surface area contributed by atoms with Gasteiger partial charge in [0.05, 0.1) is 17.0 Å². The Balaban J connectivity index is 1.57. The Morgan fingerprint density at radius 1 is 1.30 bits per heavy atom. The molecular formula is C16H22F2N2O2S. The quantitative estimate of drug-likeness (QED) is 0.915. The summed E-state index contributed by atoms with van der Waals surface area (Å²) in [6, 6.07) is 1.86. The zero-order valence-corrected chi connectivity index (χ0v) is 14.0. The third-order valence-electron chi connectivity index (χ3n) is 4.67. The fraction of sp³-hybridized carbons (Fsp3) is 0.688. The van der Waals surface area contributed by atoms with Gasteiger partial charge in [-0.15, -0.1) is 11.3 Å². The van der Waals surface area contributed by atoms with Gasteiger partial charge in [0.25, 0.3) is 11.8 Å². The molecule has 2 aliphatic rings. The average Bonchev–Trinajstić information content (AvgIpc) is 3.07. The van der Waals surface area contributed by atoms with Crippen LogP contribution in [-0.2, 0) is 0 Å². The number of likely N-dealkylation sites (tertiary alicyclic amines) is 2. The largest absolute Gasteiger partial charge is 0.387 e. The number of hydrogen-bond donors (Lipinski definition) is 1. The van der Waals surface area contributed by atoms with Crippen molar-refractivity contribution >= 4 is 17.2 Å². The predicted molar refractivity (Wildman–Crippen MR) is 85.1 cm³/mol. The van der Waals surface area contributed by atoms with Crippen LogP contribution in [0.15, 0.2) is 11.4 Å². The van der Waals surface area contributed by atoms with E-state index in [1.54, 1.807) is 4.90 Å². The first kappa shape index (κ1) is 16.8. The summed E-state index contributed by atoms with van der Waals surface area (Å²) in [5, 5.41) is 12.7. The maximum atomic E-state index is 13.2. The highest BCUT2D eigenvalue weighted by Gasteiger charge is 2.42. The number of nitrogens with zero attached hydrogens (tertiary/aromatic N) is 2. The number of aliphatic hydroxyl groups is 1. The maximum absolute atomic E-state index is 13.2. The van der Waals surface area contributed by atoms with Crippen LogP contribution in [0.2, 0.25) is 0 Å². The first-order valence-corrected chi connectivity index (χ1v) is 8.81. The molecule has 1 N–H and O–H groups in total. The molecule has 7 heteroatoms. The fourth-order valence-electron chi connectivity index (χ4n) is 3.31. The summed E-state index contributed by atoms with van der Waals surface area (Å²) >= 11 is 1.41. The molecular weight excluding hydrogens is 322 g/mol. The highest BCUT2D eigenvalue weighted by molar-refractivity contribution is 7.12. The molecule has 0 bridgehead atoms. The van der Waals surface area contributed by atoms with E-state index in [2.05, 4.69) is 0 Å². The van der Waals surface area contributed by atoms with Crippen molar-refractivity contribution in [3.8, 4) is 0 Å². The lowest BCUT2D eigenvalue weighted by atomic mass is 10.00. The predicted octanol–water partition coefficient (Wildman–Crippen LogP) is 2.36. The number of β-amino-alcohol motifs (C(OH)–C–C–N with tert-alkyl or cyclic N) is 1. The van der Waals surface area contributed by atoms with Crippen molar-refractivity contribution in [3.63, 3.8) is 0 Å². The number of carbonyl (C=O) groups is 1. The number of carbonyl (C=O) groups excluding carboxylic acids is 1. The minimum atomic E-state index is -2.58.